The highest BCUT2D eigenvalue weighted by Gasteiger charge is 2.32. The summed E-state index contributed by atoms with van der Waals surface area (Å²) in [6.45, 7) is 1.54. The van der Waals surface area contributed by atoms with E-state index in [9.17, 15) is 18.0 Å². The van der Waals surface area contributed by atoms with Crippen molar-refractivity contribution in [2.45, 2.75) is 13.1 Å². The van der Waals surface area contributed by atoms with E-state index < -0.39 is 17.7 Å². The van der Waals surface area contributed by atoms with Gasteiger partial charge in [-0.2, -0.15) is 13.2 Å². The maximum atomic E-state index is 12.5. The van der Waals surface area contributed by atoms with Gasteiger partial charge in [-0.1, -0.05) is 11.6 Å². The van der Waals surface area contributed by atoms with Gasteiger partial charge in [0.25, 0.3) is 0 Å². The zero-order valence-electron chi connectivity index (χ0n) is 9.82. The molecule has 0 aliphatic heterocycles. The summed E-state index contributed by atoms with van der Waals surface area (Å²) in [5.41, 5.74) is -1.11. The van der Waals surface area contributed by atoms with Gasteiger partial charge in [0.05, 0.1) is 10.6 Å². The molecule has 0 atom stereocenters. The molecule has 2 aromatic rings. The van der Waals surface area contributed by atoms with Gasteiger partial charge < -0.3 is 5.11 Å². The number of carbonyl (C=O) groups is 1. The van der Waals surface area contributed by atoms with E-state index in [-0.39, 0.29) is 21.4 Å². The number of hydrogen-bond acceptors (Lipinski definition) is 4. The minimum atomic E-state index is -4.54. The SMILES string of the molecule is Cc1sc(-c2ncc(C(F)(F)F)cc2Cl)nc1C(=O)O. The molecule has 0 amide bonds. The molecule has 0 unspecified atom stereocenters. The van der Waals surface area contributed by atoms with Gasteiger partial charge in [-0.05, 0) is 13.0 Å². The third-order valence-electron chi connectivity index (χ3n) is 2.37. The molecule has 0 saturated heterocycles. The van der Waals surface area contributed by atoms with Crippen LogP contribution in [-0.4, -0.2) is 21.0 Å². The molecule has 2 rings (SSSR count). The summed E-state index contributed by atoms with van der Waals surface area (Å²) in [6, 6.07) is 0.737. The monoisotopic (exact) mass is 322 g/mol. The van der Waals surface area contributed by atoms with Crippen molar-refractivity contribution in [2.75, 3.05) is 0 Å². The topological polar surface area (TPSA) is 63.1 Å². The number of alkyl halides is 3. The first kappa shape index (κ1) is 14.7. The van der Waals surface area contributed by atoms with Gasteiger partial charge in [0, 0.05) is 11.1 Å². The van der Waals surface area contributed by atoms with Gasteiger partial charge in [0.15, 0.2) is 5.69 Å². The Morgan fingerprint density at radius 1 is 1.45 bits per heavy atom. The zero-order chi connectivity index (χ0) is 15.1. The molecule has 2 heterocycles. The van der Waals surface area contributed by atoms with Crippen molar-refractivity contribution in [3.63, 3.8) is 0 Å². The molecule has 0 aliphatic carbocycles. The molecule has 0 aliphatic rings. The van der Waals surface area contributed by atoms with E-state index in [0.29, 0.717) is 11.1 Å². The quantitative estimate of drug-likeness (QED) is 0.911. The van der Waals surface area contributed by atoms with Crippen molar-refractivity contribution in [3.05, 3.63) is 33.4 Å². The highest BCUT2D eigenvalue weighted by molar-refractivity contribution is 7.15. The summed E-state index contributed by atoms with van der Waals surface area (Å²) in [7, 11) is 0. The molecule has 0 radical (unpaired) electrons. The average molecular weight is 323 g/mol. The Labute approximate surface area is 119 Å². The van der Waals surface area contributed by atoms with E-state index in [2.05, 4.69) is 9.97 Å². The number of carboxylic acid groups (broad SMARTS) is 1. The normalized spacial score (nSPS) is 11.7. The Morgan fingerprint density at radius 3 is 2.55 bits per heavy atom. The van der Waals surface area contributed by atoms with Crippen LogP contribution >= 0.6 is 22.9 Å². The van der Waals surface area contributed by atoms with E-state index in [4.69, 9.17) is 16.7 Å². The summed E-state index contributed by atoms with van der Waals surface area (Å²) in [4.78, 5) is 18.8. The number of pyridine rings is 1. The number of hydrogen-bond donors (Lipinski definition) is 1. The van der Waals surface area contributed by atoms with Crippen molar-refractivity contribution < 1.29 is 23.1 Å². The molecule has 0 spiro atoms. The molecular formula is C11H6ClF3N2O2S. The number of carboxylic acids is 1. The van der Waals surface area contributed by atoms with Crippen LogP contribution in [0.1, 0.15) is 20.9 Å². The summed E-state index contributed by atoms with van der Waals surface area (Å²) >= 11 is 6.77. The minimum absolute atomic E-state index is 0.0280. The van der Waals surface area contributed by atoms with Crippen LogP contribution in [0.3, 0.4) is 0 Å². The lowest BCUT2D eigenvalue weighted by Crippen LogP contribution is -2.05. The molecule has 1 N–H and O–H groups in total. The number of nitrogens with zero attached hydrogens (tertiary/aromatic N) is 2. The van der Waals surface area contributed by atoms with Gasteiger partial charge in [-0.3, -0.25) is 4.98 Å². The van der Waals surface area contributed by atoms with E-state index >= 15 is 0 Å². The van der Waals surface area contributed by atoms with Crippen LogP contribution in [0.2, 0.25) is 5.02 Å². The Balaban J connectivity index is 2.49. The van der Waals surface area contributed by atoms with Gasteiger partial charge in [-0.15, -0.1) is 11.3 Å². The lowest BCUT2D eigenvalue weighted by molar-refractivity contribution is -0.137. The number of thiazole rings is 1. The standard InChI is InChI=1S/C11H6ClF3N2O2S/c1-4-7(10(18)19)17-9(20-4)8-6(12)2-5(3-16-8)11(13,14)15/h2-3H,1H3,(H,18,19). The third-order valence-corrected chi connectivity index (χ3v) is 3.64. The van der Waals surface area contributed by atoms with E-state index in [1.165, 1.54) is 0 Å². The second-order valence-electron chi connectivity index (χ2n) is 3.78. The lowest BCUT2D eigenvalue weighted by atomic mass is 10.2. The van der Waals surface area contributed by atoms with E-state index in [1.54, 1.807) is 6.92 Å². The molecule has 0 fully saturated rings. The Hall–Kier alpha value is -1.67. The third kappa shape index (κ3) is 2.75. The predicted octanol–water partition coefficient (Wildman–Crippen LogP) is 3.88. The van der Waals surface area contributed by atoms with Gasteiger partial charge in [0.2, 0.25) is 0 Å². The van der Waals surface area contributed by atoms with Crippen LogP contribution in [0, 0.1) is 6.92 Å². The Kier molecular flexibility index (Phi) is 3.70. The molecule has 2 aromatic heterocycles. The van der Waals surface area contributed by atoms with Crippen LogP contribution in [0.5, 0.6) is 0 Å². The van der Waals surface area contributed by atoms with Crippen LogP contribution in [0.15, 0.2) is 12.3 Å². The van der Waals surface area contributed by atoms with E-state index in [1.807, 2.05) is 0 Å². The van der Waals surface area contributed by atoms with E-state index in [0.717, 1.165) is 17.4 Å². The average Bonchev–Trinajstić information content (AvgIpc) is 2.69. The minimum Gasteiger partial charge on any atom is -0.476 e. The van der Waals surface area contributed by atoms with Crippen molar-refractivity contribution in [1.82, 2.24) is 9.97 Å². The number of aromatic nitrogens is 2. The van der Waals surface area contributed by atoms with Crippen LogP contribution in [-0.2, 0) is 6.18 Å². The Bertz CT molecular complexity index is 685. The molecular weight excluding hydrogens is 317 g/mol. The fraction of sp³-hybridized carbons (Fsp3) is 0.182. The highest BCUT2D eigenvalue weighted by atomic mass is 35.5. The largest absolute Gasteiger partial charge is 0.476 e. The van der Waals surface area contributed by atoms with Gasteiger partial charge in [-0.25, -0.2) is 9.78 Å². The zero-order valence-corrected chi connectivity index (χ0v) is 11.4. The van der Waals surface area contributed by atoms with Crippen molar-refractivity contribution in [2.24, 2.45) is 0 Å². The fourth-order valence-electron chi connectivity index (χ4n) is 1.45. The van der Waals surface area contributed by atoms with Crippen LogP contribution in [0.4, 0.5) is 13.2 Å². The smallest absolute Gasteiger partial charge is 0.417 e. The van der Waals surface area contributed by atoms with Crippen LogP contribution < -0.4 is 0 Å². The lowest BCUT2D eigenvalue weighted by Gasteiger charge is -2.07. The summed E-state index contributed by atoms with van der Waals surface area (Å²) < 4.78 is 37.5. The number of aromatic carboxylic acids is 1. The van der Waals surface area contributed by atoms with Crippen molar-refractivity contribution >= 4 is 28.9 Å². The molecule has 9 heteroatoms. The summed E-state index contributed by atoms with van der Waals surface area (Å²) in [6.07, 6.45) is -3.90. The molecule has 4 nitrogen and oxygen atoms in total. The highest BCUT2D eigenvalue weighted by Crippen LogP contribution is 2.35. The second kappa shape index (κ2) is 5.02. The molecule has 20 heavy (non-hydrogen) atoms. The second-order valence-corrected chi connectivity index (χ2v) is 5.39. The maximum Gasteiger partial charge on any atom is 0.417 e. The van der Waals surface area contributed by atoms with Crippen LogP contribution in [0.25, 0.3) is 10.7 Å². The number of halogens is 4. The van der Waals surface area contributed by atoms with Crippen molar-refractivity contribution in [1.29, 1.82) is 0 Å². The van der Waals surface area contributed by atoms with Gasteiger partial charge >= 0.3 is 12.1 Å². The Morgan fingerprint density at radius 2 is 2.10 bits per heavy atom. The fourth-order valence-corrected chi connectivity index (χ4v) is 2.67. The molecule has 0 bridgehead atoms. The van der Waals surface area contributed by atoms with Crippen molar-refractivity contribution in [3.8, 4) is 10.7 Å². The molecule has 0 aromatic carbocycles. The molecule has 0 saturated carbocycles. The summed E-state index contributed by atoms with van der Waals surface area (Å²) in [5, 5.41) is 8.82. The first-order valence-corrected chi connectivity index (χ1v) is 6.33. The maximum absolute atomic E-state index is 12.5. The number of aryl methyl sites for hydroxylation is 1. The first-order valence-electron chi connectivity index (χ1n) is 5.14. The first-order chi connectivity index (χ1) is 9.20. The predicted molar refractivity (Wildman–Crippen MR) is 67.1 cm³/mol. The molecule has 106 valence electrons. The number of rotatable bonds is 2. The summed E-state index contributed by atoms with van der Waals surface area (Å²) in [5.74, 6) is -1.21. The van der Waals surface area contributed by atoms with Gasteiger partial charge in [0.1, 0.15) is 10.7 Å².